The van der Waals surface area contributed by atoms with Crippen LogP contribution in [-0.2, 0) is 6.42 Å². The van der Waals surface area contributed by atoms with Crippen LogP contribution < -0.4 is 10.1 Å². The van der Waals surface area contributed by atoms with E-state index >= 15 is 0 Å². The third-order valence-electron chi connectivity index (χ3n) is 4.77. The second-order valence-corrected chi connectivity index (χ2v) is 6.50. The van der Waals surface area contributed by atoms with Crippen LogP contribution in [0.2, 0.25) is 0 Å². The Labute approximate surface area is 164 Å². The number of halogens is 1. The quantitative estimate of drug-likeness (QED) is 0.582. The summed E-state index contributed by atoms with van der Waals surface area (Å²) < 4.78 is 5.96. The molecule has 4 nitrogen and oxygen atoms in total. The van der Waals surface area contributed by atoms with Gasteiger partial charge < -0.3 is 20.3 Å². The number of ether oxygens (including phenoxy) is 1. The van der Waals surface area contributed by atoms with Crippen LogP contribution in [0, 0.1) is 0 Å². The molecule has 27 heavy (non-hydrogen) atoms. The van der Waals surface area contributed by atoms with Gasteiger partial charge in [-0.2, -0.15) is 0 Å². The van der Waals surface area contributed by atoms with Crippen LogP contribution in [0.5, 0.6) is 17.2 Å². The Morgan fingerprint density at radius 2 is 1.56 bits per heavy atom. The second kappa shape index (κ2) is 8.33. The summed E-state index contributed by atoms with van der Waals surface area (Å²) in [7, 11) is 0. The van der Waals surface area contributed by atoms with Crippen molar-refractivity contribution in [3.05, 3.63) is 77.9 Å². The minimum atomic E-state index is -0.0929. The van der Waals surface area contributed by atoms with Crippen molar-refractivity contribution in [3.8, 4) is 28.4 Å². The van der Waals surface area contributed by atoms with Crippen molar-refractivity contribution in [1.29, 1.82) is 0 Å². The maximum absolute atomic E-state index is 9.80. The summed E-state index contributed by atoms with van der Waals surface area (Å²) in [5.74, 6) is 0.646. The Bertz CT molecular complexity index is 897. The minimum absolute atomic E-state index is 0. The summed E-state index contributed by atoms with van der Waals surface area (Å²) in [6, 6.07) is 21.5. The molecule has 1 unspecified atom stereocenters. The van der Waals surface area contributed by atoms with Crippen molar-refractivity contribution in [1.82, 2.24) is 5.32 Å². The molecule has 1 atom stereocenters. The zero-order chi connectivity index (χ0) is 17.9. The lowest BCUT2D eigenvalue weighted by molar-refractivity contribution is 0.260. The maximum Gasteiger partial charge on any atom is 0.157 e. The number of rotatable bonds is 4. The second-order valence-electron chi connectivity index (χ2n) is 6.50. The molecule has 1 heterocycles. The molecular formula is C22H22ClNO3. The van der Waals surface area contributed by atoms with E-state index in [0.29, 0.717) is 6.61 Å². The van der Waals surface area contributed by atoms with Gasteiger partial charge in [-0.3, -0.25) is 0 Å². The molecule has 0 bridgehead atoms. The Balaban J connectivity index is 0.00000210. The molecule has 0 radical (unpaired) electrons. The third-order valence-corrected chi connectivity index (χ3v) is 4.77. The number of phenols is 2. The van der Waals surface area contributed by atoms with E-state index in [1.807, 2.05) is 30.3 Å². The molecular weight excluding hydrogens is 362 g/mol. The normalized spacial score (nSPS) is 15.5. The molecule has 0 fully saturated rings. The van der Waals surface area contributed by atoms with Gasteiger partial charge in [0, 0.05) is 0 Å². The van der Waals surface area contributed by atoms with Gasteiger partial charge in [-0.05, 0) is 59.5 Å². The minimum Gasteiger partial charge on any atom is -0.504 e. The molecule has 140 valence electrons. The van der Waals surface area contributed by atoms with Crippen molar-refractivity contribution in [2.45, 2.75) is 12.5 Å². The van der Waals surface area contributed by atoms with Gasteiger partial charge in [0.1, 0.15) is 12.4 Å². The lowest BCUT2D eigenvalue weighted by Crippen LogP contribution is -2.33. The van der Waals surface area contributed by atoms with Gasteiger partial charge in [0.25, 0.3) is 0 Å². The highest BCUT2D eigenvalue weighted by atomic mass is 35.5. The molecule has 0 saturated carbocycles. The van der Waals surface area contributed by atoms with Crippen molar-refractivity contribution in [3.63, 3.8) is 0 Å². The molecule has 1 aliphatic rings. The van der Waals surface area contributed by atoms with Gasteiger partial charge in [0.2, 0.25) is 0 Å². The van der Waals surface area contributed by atoms with E-state index < -0.39 is 0 Å². The number of phenolic OH excluding ortho intramolecular Hbond substituents is 2. The van der Waals surface area contributed by atoms with Gasteiger partial charge >= 0.3 is 0 Å². The summed E-state index contributed by atoms with van der Waals surface area (Å²) >= 11 is 0. The zero-order valence-corrected chi connectivity index (χ0v) is 15.6. The molecule has 3 aromatic carbocycles. The lowest BCUT2D eigenvalue weighted by atomic mass is 9.94. The number of aromatic hydroxyl groups is 2. The summed E-state index contributed by atoms with van der Waals surface area (Å²) in [6.45, 7) is 1.28. The van der Waals surface area contributed by atoms with E-state index in [1.165, 1.54) is 5.56 Å². The van der Waals surface area contributed by atoms with E-state index in [-0.39, 0.29) is 29.9 Å². The van der Waals surface area contributed by atoms with Crippen LogP contribution in [0.15, 0.2) is 66.7 Å². The summed E-state index contributed by atoms with van der Waals surface area (Å²) in [5, 5.41) is 22.9. The number of hydrogen-bond donors (Lipinski definition) is 3. The van der Waals surface area contributed by atoms with Crippen molar-refractivity contribution < 1.29 is 14.9 Å². The molecule has 5 heteroatoms. The van der Waals surface area contributed by atoms with Crippen LogP contribution in [0.1, 0.15) is 17.2 Å². The standard InChI is InChI=1S/C22H21NO3.ClH/c24-21-12-17-10-11-23-20(19(17)13-22(21)25)14-26-18-8-6-16(7-9-18)15-4-2-1-3-5-15;/h1-9,12-13,20,23-25H,10-11,14H2;1H. The van der Waals surface area contributed by atoms with Crippen LogP contribution >= 0.6 is 12.4 Å². The number of fused-ring (bicyclic) bond motifs is 1. The average molecular weight is 384 g/mol. The summed E-state index contributed by atoms with van der Waals surface area (Å²) in [5.41, 5.74) is 4.36. The fraction of sp³-hybridized carbons (Fsp3) is 0.182. The summed E-state index contributed by atoms with van der Waals surface area (Å²) in [4.78, 5) is 0. The first-order valence-electron chi connectivity index (χ1n) is 8.77. The SMILES string of the molecule is Cl.Oc1cc2c(cc1O)C(COc1ccc(-c3ccccc3)cc1)NCC2. The van der Waals surface area contributed by atoms with Crippen LogP contribution in [0.4, 0.5) is 0 Å². The molecule has 3 N–H and O–H groups in total. The fourth-order valence-corrected chi connectivity index (χ4v) is 3.37. The molecule has 4 rings (SSSR count). The van der Waals surface area contributed by atoms with Crippen molar-refractivity contribution >= 4 is 12.4 Å². The maximum atomic E-state index is 9.80. The molecule has 0 aromatic heterocycles. The smallest absolute Gasteiger partial charge is 0.157 e. The van der Waals surface area contributed by atoms with Gasteiger partial charge in [0.05, 0.1) is 6.04 Å². The third kappa shape index (κ3) is 4.18. The summed E-state index contributed by atoms with van der Waals surface area (Å²) in [6.07, 6.45) is 0.825. The molecule has 1 aliphatic heterocycles. The van der Waals surface area contributed by atoms with E-state index in [4.69, 9.17) is 4.74 Å². The Morgan fingerprint density at radius 1 is 0.889 bits per heavy atom. The van der Waals surface area contributed by atoms with Crippen molar-refractivity contribution in [2.75, 3.05) is 13.2 Å². The zero-order valence-electron chi connectivity index (χ0n) is 14.8. The molecule has 3 aromatic rings. The molecule has 0 aliphatic carbocycles. The lowest BCUT2D eigenvalue weighted by Gasteiger charge is -2.27. The average Bonchev–Trinajstić information content (AvgIpc) is 2.68. The molecule has 0 spiro atoms. The topological polar surface area (TPSA) is 61.7 Å². The highest BCUT2D eigenvalue weighted by Gasteiger charge is 2.22. The molecule has 0 amide bonds. The van der Waals surface area contributed by atoms with E-state index in [1.54, 1.807) is 12.1 Å². The van der Waals surface area contributed by atoms with Gasteiger partial charge in [-0.15, -0.1) is 12.4 Å². The largest absolute Gasteiger partial charge is 0.504 e. The highest BCUT2D eigenvalue weighted by molar-refractivity contribution is 5.85. The Hall–Kier alpha value is -2.69. The van der Waals surface area contributed by atoms with Crippen LogP contribution in [0.25, 0.3) is 11.1 Å². The number of nitrogens with one attached hydrogen (secondary N) is 1. The predicted octanol–water partition coefficient (Wildman–Crippen LogP) is 4.45. The first kappa shape index (κ1) is 19.1. The first-order chi connectivity index (χ1) is 12.7. The van der Waals surface area contributed by atoms with Gasteiger partial charge in [-0.25, -0.2) is 0 Å². The van der Waals surface area contributed by atoms with Crippen LogP contribution in [-0.4, -0.2) is 23.4 Å². The van der Waals surface area contributed by atoms with Gasteiger partial charge in [0.15, 0.2) is 11.5 Å². The number of benzene rings is 3. The van der Waals surface area contributed by atoms with E-state index in [9.17, 15) is 10.2 Å². The number of hydrogen-bond acceptors (Lipinski definition) is 4. The van der Waals surface area contributed by atoms with E-state index in [0.717, 1.165) is 35.4 Å². The van der Waals surface area contributed by atoms with Gasteiger partial charge in [-0.1, -0.05) is 42.5 Å². The Kier molecular flexibility index (Phi) is 5.89. The predicted molar refractivity (Wildman–Crippen MR) is 109 cm³/mol. The monoisotopic (exact) mass is 383 g/mol. The van der Waals surface area contributed by atoms with Crippen molar-refractivity contribution in [2.24, 2.45) is 0 Å². The highest BCUT2D eigenvalue weighted by Crippen LogP contribution is 2.34. The van der Waals surface area contributed by atoms with Crippen LogP contribution in [0.3, 0.4) is 0 Å². The molecule has 0 saturated heterocycles. The first-order valence-corrected chi connectivity index (χ1v) is 8.77. The fourth-order valence-electron chi connectivity index (χ4n) is 3.37. The van der Waals surface area contributed by atoms with E-state index in [2.05, 4.69) is 29.6 Å². The Morgan fingerprint density at radius 3 is 2.30 bits per heavy atom.